The maximum Gasteiger partial charge on any atom is 0.223 e. The van der Waals surface area contributed by atoms with E-state index in [0.717, 1.165) is 31.7 Å². The van der Waals surface area contributed by atoms with E-state index in [-0.39, 0.29) is 5.91 Å². The number of unbranched alkanes of at least 4 members (excludes halogenated alkanes) is 3. The molecule has 1 aliphatic rings. The van der Waals surface area contributed by atoms with Gasteiger partial charge in [0.25, 0.3) is 0 Å². The van der Waals surface area contributed by atoms with Gasteiger partial charge in [-0.2, -0.15) is 0 Å². The molecule has 0 aromatic carbocycles. The van der Waals surface area contributed by atoms with E-state index in [4.69, 9.17) is 11.6 Å². The third-order valence-corrected chi connectivity index (χ3v) is 3.07. The molecule has 0 spiro atoms. The molecule has 0 aliphatic heterocycles. The lowest BCUT2D eigenvalue weighted by atomic mass is 10.2. The lowest BCUT2D eigenvalue weighted by Gasteiger charge is -2.03. The number of carbonyl (C=O) groups excluding carboxylic acids is 1. The van der Waals surface area contributed by atoms with Gasteiger partial charge < -0.3 is 5.32 Å². The van der Waals surface area contributed by atoms with Crippen LogP contribution >= 0.6 is 11.6 Å². The number of nitrogens with one attached hydrogen (secondary N) is 1. The summed E-state index contributed by atoms with van der Waals surface area (Å²) in [6.45, 7) is 2.97. The van der Waals surface area contributed by atoms with Crippen molar-refractivity contribution in [2.75, 3.05) is 12.4 Å². The molecule has 1 amide bonds. The van der Waals surface area contributed by atoms with Gasteiger partial charge in [0.15, 0.2) is 0 Å². The van der Waals surface area contributed by atoms with Crippen LogP contribution in [0, 0.1) is 11.8 Å². The highest BCUT2D eigenvalue weighted by atomic mass is 35.5. The molecule has 82 valence electrons. The molecule has 1 saturated carbocycles. The van der Waals surface area contributed by atoms with Crippen LogP contribution in [0.15, 0.2) is 0 Å². The lowest BCUT2D eigenvalue weighted by Crippen LogP contribution is -2.26. The predicted octanol–water partition coefficient (Wildman–Crippen LogP) is 2.56. The maximum atomic E-state index is 11.4. The molecule has 2 atom stereocenters. The molecule has 1 N–H and O–H groups in total. The normalized spacial score (nSPS) is 24.7. The fourth-order valence-electron chi connectivity index (χ4n) is 1.60. The largest absolute Gasteiger partial charge is 0.356 e. The van der Waals surface area contributed by atoms with E-state index >= 15 is 0 Å². The Hall–Kier alpha value is -0.240. The van der Waals surface area contributed by atoms with Crippen molar-refractivity contribution in [3.63, 3.8) is 0 Å². The number of hydrogen-bond acceptors (Lipinski definition) is 1. The van der Waals surface area contributed by atoms with Crippen LogP contribution in [0.5, 0.6) is 0 Å². The lowest BCUT2D eigenvalue weighted by molar-refractivity contribution is -0.122. The first-order valence-electron chi connectivity index (χ1n) is 5.59. The first kappa shape index (κ1) is 11.8. The molecule has 0 heterocycles. The second kappa shape index (κ2) is 6.28. The number of hydrogen-bond donors (Lipinski definition) is 1. The van der Waals surface area contributed by atoms with Gasteiger partial charge >= 0.3 is 0 Å². The van der Waals surface area contributed by atoms with Crippen molar-refractivity contribution < 1.29 is 4.79 Å². The molecule has 0 aromatic rings. The molecule has 0 aromatic heterocycles. The monoisotopic (exact) mass is 217 g/mol. The Kier molecular flexibility index (Phi) is 5.31. The van der Waals surface area contributed by atoms with Gasteiger partial charge in [0, 0.05) is 18.3 Å². The Morgan fingerprint density at radius 2 is 2.00 bits per heavy atom. The Morgan fingerprint density at radius 1 is 1.36 bits per heavy atom. The Labute approximate surface area is 91.4 Å². The van der Waals surface area contributed by atoms with Crippen LogP contribution in [0.3, 0.4) is 0 Å². The Morgan fingerprint density at radius 3 is 2.57 bits per heavy atom. The third kappa shape index (κ3) is 4.32. The fraction of sp³-hybridized carbons (Fsp3) is 0.909. The molecular formula is C11H20ClNO. The van der Waals surface area contributed by atoms with Crippen LogP contribution in [0.25, 0.3) is 0 Å². The Bertz CT molecular complexity index is 184. The predicted molar refractivity (Wildman–Crippen MR) is 59.5 cm³/mol. The number of carbonyl (C=O) groups is 1. The first-order chi connectivity index (χ1) is 6.75. The summed E-state index contributed by atoms with van der Waals surface area (Å²) in [5.41, 5.74) is 0. The van der Waals surface area contributed by atoms with Crippen molar-refractivity contribution >= 4 is 17.5 Å². The minimum absolute atomic E-state index is 0.259. The summed E-state index contributed by atoms with van der Waals surface area (Å²) in [7, 11) is 0. The fourth-order valence-corrected chi connectivity index (χ4v) is 1.79. The molecule has 2 nitrogen and oxygen atoms in total. The third-order valence-electron chi connectivity index (χ3n) is 2.81. The summed E-state index contributed by atoms with van der Waals surface area (Å²) in [6.07, 6.45) is 5.61. The highest BCUT2D eigenvalue weighted by Crippen LogP contribution is 2.37. The van der Waals surface area contributed by atoms with Crippen molar-refractivity contribution in [1.82, 2.24) is 5.32 Å². The zero-order valence-electron chi connectivity index (χ0n) is 8.89. The molecule has 1 aliphatic carbocycles. The van der Waals surface area contributed by atoms with Crippen molar-refractivity contribution in [3.8, 4) is 0 Å². The van der Waals surface area contributed by atoms with Gasteiger partial charge in [-0.05, 0) is 25.2 Å². The smallest absolute Gasteiger partial charge is 0.223 e. The van der Waals surface area contributed by atoms with Crippen LogP contribution in [0.1, 0.15) is 39.0 Å². The van der Waals surface area contributed by atoms with E-state index < -0.39 is 0 Å². The minimum atomic E-state index is 0.259. The average Bonchev–Trinajstić information content (AvgIpc) is 2.88. The van der Waals surface area contributed by atoms with E-state index in [1.54, 1.807) is 0 Å². The molecule has 0 bridgehead atoms. The Balaban J connectivity index is 1.86. The molecular weight excluding hydrogens is 198 g/mol. The van der Waals surface area contributed by atoms with Crippen LogP contribution in [-0.4, -0.2) is 18.3 Å². The highest BCUT2D eigenvalue weighted by Gasteiger charge is 2.38. The molecule has 3 heteroatoms. The van der Waals surface area contributed by atoms with Gasteiger partial charge in [-0.3, -0.25) is 4.79 Å². The molecule has 0 saturated heterocycles. The van der Waals surface area contributed by atoms with Crippen molar-refractivity contribution in [3.05, 3.63) is 0 Å². The summed E-state index contributed by atoms with van der Waals surface area (Å²) in [5.74, 6) is 1.95. The van der Waals surface area contributed by atoms with Crippen LogP contribution in [0.4, 0.5) is 0 Å². The van der Waals surface area contributed by atoms with E-state index in [1.165, 1.54) is 12.8 Å². The topological polar surface area (TPSA) is 29.1 Å². The van der Waals surface area contributed by atoms with Gasteiger partial charge in [-0.15, -0.1) is 11.6 Å². The van der Waals surface area contributed by atoms with Crippen molar-refractivity contribution in [2.45, 2.75) is 39.0 Å². The zero-order chi connectivity index (χ0) is 10.4. The van der Waals surface area contributed by atoms with Crippen LogP contribution in [-0.2, 0) is 4.79 Å². The summed E-state index contributed by atoms with van der Waals surface area (Å²) >= 11 is 5.56. The summed E-state index contributed by atoms with van der Waals surface area (Å²) in [5, 5.41) is 2.98. The second-order valence-corrected chi connectivity index (χ2v) is 4.59. The number of halogens is 1. The van der Waals surface area contributed by atoms with Crippen LogP contribution in [0.2, 0.25) is 0 Å². The van der Waals surface area contributed by atoms with E-state index in [1.807, 2.05) is 0 Å². The molecule has 0 radical (unpaired) electrons. The van der Waals surface area contributed by atoms with E-state index in [2.05, 4.69) is 12.2 Å². The van der Waals surface area contributed by atoms with Crippen LogP contribution < -0.4 is 5.32 Å². The van der Waals surface area contributed by atoms with Gasteiger partial charge in [-0.1, -0.05) is 19.8 Å². The van der Waals surface area contributed by atoms with E-state index in [9.17, 15) is 4.79 Å². The molecule has 1 fully saturated rings. The standard InChI is InChI=1S/C11H20ClNO/c1-9-8-10(9)11(14)13-7-5-3-2-4-6-12/h9-10H,2-8H2,1H3,(H,13,14). The number of amides is 1. The maximum absolute atomic E-state index is 11.4. The highest BCUT2D eigenvalue weighted by molar-refractivity contribution is 6.17. The quantitative estimate of drug-likeness (QED) is 0.516. The summed E-state index contributed by atoms with van der Waals surface area (Å²) in [6, 6.07) is 0. The zero-order valence-corrected chi connectivity index (χ0v) is 9.65. The van der Waals surface area contributed by atoms with Gasteiger partial charge in [0.1, 0.15) is 0 Å². The number of alkyl halides is 1. The van der Waals surface area contributed by atoms with Gasteiger partial charge in [0.05, 0.1) is 0 Å². The van der Waals surface area contributed by atoms with Gasteiger partial charge in [-0.25, -0.2) is 0 Å². The second-order valence-electron chi connectivity index (χ2n) is 4.21. The van der Waals surface area contributed by atoms with Crippen molar-refractivity contribution in [1.29, 1.82) is 0 Å². The molecule has 14 heavy (non-hydrogen) atoms. The van der Waals surface area contributed by atoms with E-state index in [0.29, 0.717) is 11.8 Å². The first-order valence-corrected chi connectivity index (χ1v) is 6.13. The summed E-state index contributed by atoms with van der Waals surface area (Å²) < 4.78 is 0. The number of rotatable bonds is 7. The SMILES string of the molecule is CC1CC1C(=O)NCCCCCCCl. The van der Waals surface area contributed by atoms with Gasteiger partial charge in [0.2, 0.25) is 5.91 Å². The molecule has 2 unspecified atom stereocenters. The van der Waals surface area contributed by atoms with Crippen molar-refractivity contribution in [2.24, 2.45) is 11.8 Å². The minimum Gasteiger partial charge on any atom is -0.356 e. The molecule has 1 rings (SSSR count). The summed E-state index contributed by atoms with van der Waals surface area (Å²) in [4.78, 5) is 11.4. The average molecular weight is 218 g/mol.